The number of nitrogens with one attached hydrogen (secondary N) is 1. The maximum Gasteiger partial charge on any atom is 0.135 e. The Balaban J connectivity index is 1.71. The van der Waals surface area contributed by atoms with Gasteiger partial charge in [0.05, 0.1) is 6.20 Å². The average molecular weight is 308 g/mol. The van der Waals surface area contributed by atoms with Crippen LogP contribution in [0.15, 0.2) is 23.1 Å². The van der Waals surface area contributed by atoms with Crippen LogP contribution in [0.1, 0.15) is 30.1 Å². The van der Waals surface area contributed by atoms with Crippen LogP contribution in [0.3, 0.4) is 0 Å². The zero-order chi connectivity index (χ0) is 12.5. The molecule has 0 aliphatic heterocycles. The topological polar surface area (TPSA) is 55.6 Å². The van der Waals surface area contributed by atoms with Gasteiger partial charge in [-0.25, -0.2) is 9.97 Å². The van der Waals surface area contributed by atoms with E-state index in [1.54, 1.807) is 4.68 Å². The Morgan fingerprint density at radius 2 is 2.28 bits per heavy atom. The molecular formula is C12H14BrN5. The molecule has 6 heteroatoms. The molecule has 0 atom stereocenters. The summed E-state index contributed by atoms with van der Waals surface area (Å²) >= 11 is 3.43. The van der Waals surface area contributed by atoms with Crippen LogP contribution in [0.25, 0.3) is 0 Å². The van der Waals surface area contributed by atoms with Gasteiger partial charge >= 0.3 is 0 Å². The van der Waals surface area contributed by atoms with E-state index in [-0.39, 0.29) is 0 Å². The number of anilines is 1. The van der Waals surface area contributed by atoms with E-state index in [1.807, 2.05) is 25.5 Å². The second kappa shape index (κ2) is 4.68. The van der Waals surface area contributed by atoms with E-state index in [0.717, 1.165) is 28.4 Å². The van der Waals surface area contributed by atoms with Gasteiger partial charge in [0.25, 0.3) is 0 Å². The summed E-state index contributed by atoms with van der Waals surface area (Å²) in [5.41, 5.74) is 1.14. The Kier molecular flexibility index (Phi) is 3.03. The van der Waals surface area contributed by atoms with Crippen LogP contribution in [0.4, 0.5) is 5.82 Å². The summed E-state index contributed by atoms with van der Waals surface area (Å²) in [6.45, 7) is 0.724. The van der Waals surface area contributed by atoms with Crippen molar-refractivity contribution in [3.8, 4) is 0 Å². The van der Waals surface area contributed by atoms with Crippen molar-refractivity contribution in [2.24, 2.45) is 7.05 Å². The van der Waals surface area contributed by atoms with Crippen molar-refractivity contribution in [2.45, 2.75) is 25.3 Å². The number of hydrogen-bond donors (Lipinski definition) is 1. The molecule has 0 aromatic carbocycles. The van der Waals surface area contributed by atoms with Gasteiger partial charge in [-0.1, -0.05) is 0 Å². The number of hydrogen-bond acceptors (Lipinski definition) is 4. The number of nitrogens with zero attached hydrogens (tertiary/aromatic N) is 4. The molecule has 2 heterocycles. The van der Waals surface area contributed by atoms with Crippen molar-refractivity contribution in [3.05, 3.63) is 34.5 Å². The average Bonchev–Trinajstić information content (AvgIpc) is 3.10. The van der Waals surface area contributed by atoms with Crippen LogP contribution in [0.2, 0.25) is 0 Å². The molecule has 1 fully saturated rings. The molecule has 0 radical (unpaired) electrons. The zero-order valence-corrected chi connectivity index (χ0v) is 11.7. The molecule has 1 aliphatic carbocycles. The molecule has 1 saturated carbocycles. The maximum absolute atomic E-state index is 4.54. The third-order valence-corrected chi connectivity index (χ3v) is 3.29. The minimum Gasteiger partial charge on any atom is -0.366 e. The first kappa shape index (κ1) is 11.6. The summed E-state index contributed by atoms with van der Waals surface area (Å²) < 4.78 is 2.64. The van der Waals surface area contributed by atoms with Gasteiger partial charge in [-0.05, 0) is 28.8 Å². The molecule has 0 amide bonds. The van der Waals surface area contributed by atoms with Crippen molar-refractivity contribution < 1.29 is 0 Å². The summed E-state index contributed by atoms with van der Waals surface area (Å²) in [5, 5.41) is 7.44. The van der Waals surface area contributed by atoms with E-state index < -0.39 is 0 Å². The third kappa shape index (κ3) is 2.69. The van der Waals surface area contributed by atoms with E-state index in [4.69, 9.17) is 0 Å². The lowest BCUT2D eigenvalue weighted by Gasteiger charge is -2.06. The largest absolute Gasteiger partial charge is 0.366 e. The van der Waals surface area contributed by atoms with Crippen molar-refractivity contribution in [1.29, 1.82) is 0 Å². The summed E-state index contributed by atoms with van der Waals surface area (Å²) in [4.78, 5) is 8.94. The molecule has 3 rings (SSSR count). The van der Waals surface area contributed by atoms with Crippen LogP contribution in [0.5, 0.6) is 0 Å². The van der Waals surface area contributed by atoms with E-state index in [9.17, 15) is 0 Å². The quantitative estimate of drug-likeness (QED) is 0.882. The van der Waals surface area contributed by atoms with Gasteiger partial charge in [0.15, 0.2) is 0 Å². The van der Waals surface area contributed by atoms with Crippen molar-refractivity contribution in [2.75, 3.05) is 5.32 Å². The van der Waals surface area contributed by atoms with E-state index >= 15 is 0 Å². The van der Waals surface area contributed by atoms with Gasteiger partial charge in [-0.2, -0.15) is 5.10 Å². The Hall–Kier alpha value is -1.43. The molecule has 0 saturated heterocycles. The monoisotopic (exact) mass is 307 g/mol. The highest BCUT2D eigenvalue weighted by Crippen LogP contribution is 2.38. The molecule has 2 aromatic rings. The highest BCUT2D eigenvalue weighted by molar-refractivity contribution is 9.10. The fraction of sp³-hybridized carbons (Fsp3) is 0.417. The SMILES string of the molecule is Cn1cc(CNc2cc(Br)nc(C3CC3)n2)cn1. The zero-order valence-electron chi connectivity index (χ0n) is 10.1. The Bertz CT molecular complexity index is 561. The Labute approximate surface area is 114 Å². The fourth-order valence-electron chi connectivity index (χ4n) is 1.81. The summed E-state index contributed by atoms with van der Waals surface area (Å²) in [5.74, 6) is 2.36. The van der Waals surface area contributed by atoms with Crippen molar-refractivity contribution in [3.63, 3.8) is 0 Å². The molecule has 0 spiro atoms. The van der Waals surface area contributed by atoms with Gasteiger partial charge < -0.3 is 5.32 Å². The van der Waals surface area contributed by atoms with Crippen LogP contribution < -0.4 is 5.32 Å². The number of halogens is 1. The van der Waals surface area contributed by atoms with Gasteiger partial charge in [0, 0.05) is 37.3 Å². The first-order chi connectivity index (χ1) is 8.70. The highest BCUT2D eigenvalue weighted by atomic mass is 79.9. The molecule has 1 N–H and O–H groups in total. The smallest absolute Gasteiger partial charge is 0.135 e. The van der Waals surface area contributed by atoms with Gasteiger partial charge in [-0.15, -0.1) is 0 Å². The van der Waals surface area contributed by atoms with Crippen LogP contribution >= 0.6 is 15.9 Å². The molecule has 5 nitrogen and oxygen atoms in total. The van der Waals surface area contributed by atoms with E-state index in [2.05, 4.69) is 36.3 Å². The molecule has 0 unspecified atom stereocenters. The van der Waals surface area contributed by atoms with Crippen molar-refractivity contribution >= 4 is 21.7 Å². The van der Waals surface area contributed by atoms with Crippen LogP contribution in [-0.4, -0.2) is 19.7 Å². The predicted octanol–water partition coefficient (Wildman–Crippen LogP) is 2.46. The van der Waals surface area contributed by atoms with Gasteiger partial charge in [0.2, 0.25) is 0 Å². The second-order valence-corrected chi connectivity index (χ2v) is 5.40. The van der Waals surface area contributed by atoms with Gasteiger partial charge in [0.1, 0.15) is 16.2 Å². The normalized spacial score (nSPS) is 14.8. The third-order valence-electron chi connectivity index (χ3n) is 2.89. The molecule has 2 aromatic heterocycles. The summed E-state index contributed by atoms with van der Waals surface area (Å²) in [7, 11) is 1.91. The first-order valence-corrected chi connectivity index (χ1v) is 6.76. The van der Waals surface area contributed by atoms with Crippen molar-refractivity contribution in [1.82, 2.24) is 19.7 Å². The van der Waals surface area contributed by atoms with E-state index in [1.165, 1.54) is 12.8 Å². The van der Waals surface area contributed by atoms with Crippen LogP contribution in [0, 0.1) is 0 Å². The lowest BCUT2D eigenvalue weighted by atomic mass is 10.3. The summed E-state index contributed by atoms with van der Waals surface area (Å²) in [6, 6.07) is 1.91. The lowest BCUT2D eigenvalue weighted by Crippen LogP contribution is -2.03. The number of aromatic nitrogens is 4. The highest BCUT2D eigenvalue weighted by Gasteiger charge is 2.27. The minimum absolute atomic E-state index is 0.557. The minimum atomic E-state index is 0.557. The fourth-order valence-corrected chi connectivity index (χ4v) is 2.20. The first-order valence-electron chi connectivity index (χ1n) is 5.96. The second-order valence-electron chi connectivity index (χ2n) is 4.58. The summed E-state index contributed by atoms with van der Waals surface area (Å²) in [6.07, 6.45) is 6.26. The predicted molar refractivity (Wildman–Crippen MR) is 72.2 cm³/mol. The Morgan fingerprint density at radius 3 is 2.94 bits per heavy atom. The molecule has 1 aliphatic rings. The standard InChI is InChI=1S/C12H14BrN5/c1-18-7-8(6-15-18)5-14-11-4-10(13)16-12(17-11)9-2-3-9/h4,6-7,9H,2-3,5H2,1H3,(H,14,16,17). The van der Waals surface area contributed by atoms with Gasteiger partial charge in [-0.3, -0.25) is 4.68 Å². The number of rotatable bonds is 4. The number of aryl methyl sites for hydroxylation is 1. The lowest BCUT2D eigenvalue weighted by molar-refractivity contribution is 0.767. The van der Waals surface area contributed by atoms with Crippen LogP contribution in [-0.2, 0) is 13.6 Å². The van der Waals surface area contributed by atoms with E-state index in [0.29, 0.717) is 5.92 Å². The Morgan fingerprint density at radius 1 is 1.44 bits per heavy atom. The molecule has 0 bridgehead atoms. The maximum atomic E-state index is 4.54. The molecule has 18 heavy (non-hydrogen) atoms. The molecular weight excluding hydrogens is 294 g/mol. The molecule has 94 valence electrons.